The lowest BCUT2D eigenvalue weighted by molar-refractivity contribution is 0.834. The van der Waals surface area contributed by atoms with Crippen molar-refractivity contribution in [2.24, 2.45) is 0 Å². The fourth-order valence-electron chi connectivity index (χ4n) is 1.53. The molecule has 0 aliphatic carbocycles. The largest absolute Gasteiger partial charge is 0.371 e. The highest BCUT2D eigenvalue weighted by Crippen LogP contribution is 2.10. The van der Waals surface area contributed by atoms with E-state index in [1.54, 1.807) is 6.20 Å². The quantitative estimate of drug-likeness (QED) is 0.624. The Hall–Kier alpha value is -1.22. The van der Waals surface area contributed by atoms with Gasteiger partial charge in [0.1, 0.15) is 11.5 Å². The van der Waals surface area contributed by atoms with E-state index < -0.39 is 0 Å². The van der Waals surface area contributed by atoms with Crippen LogP contribution in [-0.2, 0) is 0 Å². The van der Waals surface area contributed by atoms with Crippen LogP contribution in [0.15, 0.2) is 30.6 Å². The summed E-state index contributed by atoms with van der Waals surface area (Å²) in [5.74, 6) is 1.82. The molecular formula is C11H14ClN3. The van der Waals surface area contributed by atoms with Crippen LogP contribution >= 0.6 is 11.6 Å². The van der Waals surface area contributed by atoms with Crippen molar-refractivity contribution < 1.29 is 0 Å². The molecular weight excluding hydrogens is 210 g/mol. The van der Waals surface area contributed by atoms with Crippen LogP contribution in [0.25, 0.3) is 5.65 Å². The predicted octanol–water partition coefficient (Wildman–Crippen LogP) is 2.77. The van der Waals surface area contributed by atoms with Crippen LogP contribution in [0.1, 0.15) is 12.8 Å². The van der Waals surface area contributed by atoms with Crippen LogP contribution < -0.4 is 5.32 Å². The summed E-state index contributed by atoms with van der Waals surface area (Å²) in [6.45, 7) is 0.948. The Kier molecular flexibility index (Phi) is 3.45. The third-order valence-electron chi connectivity index (χ3n) is 2.29. The summed E-state index contributed by atoms with van der Waals surface area (Å²) < 4.78 is 2.04. The number of alkyl halides is 1. The van der Waals surface area contributed by atoms with E-state index in [1.165, 1.54) is 0 Å². The maximum absolute atomic E-state index is 5.62. The van der Waals surface area contributed by atoms with Gasteiger partial charge in [-0.15, -0.1) is 11.6 Å². The summed E-state index contributed by atoms with van der Waals surface area (Å²) >= 11 is 5.62. The minimum absolute atomic E-state index is 0.733. The number of anilines is 1. The van der Waals surface area contributed by atoms with Crippen molar-refractivity contribution in [1.29, 1.82) is 0 Å². The van der Waals surface area contributed by atoms with Crippen LogP contribution in [-0.4, -0.2) is 21.8 Å². The lowest BCUT2D eigenvalue weighted by Crippen LogP contribution is -2.05. The number of hydrogen-bond acceptors (Lipinski definition) is 2. The maximum atomic E-state index is 5.62. The van der Waals surface area contributed by atoms with Gasteiger partial charge < -0.3 is 5.32 Å². The highest BCUT2D eigenvalue weighted by atomic mass is 35.5. The number of aromatic nitrogens is 2. The molecule has 0 spiro atoms. The Bertz CT molecular complexity index is 424. The van der Waals surface area contributed by atoms with E-state index in [0.29, 0.717) is 0 Å². The van der Waals surface area contributed by atoms with E-state index in [9.17, 15) is 0 Å². The molecule has 0 aliphatic rings. The van der Waals surface area contributed by atoms with Crippen LogP contribution in [0.5, 0.6) is 0 Å². The second kappa shape index (κ2) is 5.03. The molecule has 0 unspecified atom stereocenters. The molecule has 0 aromatic carbocycles. The summed E-state index contributed by atoms with van der Waals surface area (Å²) in [6, 6.07) is 6.05. The summed E-state index contributed by atoms with van der Waals surface area (Å²) in [6.07, 6.45) is 5.90. The van der Waals surface area contributed by atoms with E-state index in [2.05, 4.69) is 16.4 Å². The normalized spacial score (nSPS) is 10.7. The summed E-state index contributed by atoms with van der Waals surface area (Å²) in [4.78, 5) is 4.23. The Morgan fingerprint density at radius 2 is 2.27 bits per heavy atom. The van der Waals surface area contributed by atoms with Gasteiger partial charge in [0, 0.05) is 24.8 Å². The molecule has 2 aromatic rings. The molecule has 2 heterocycles. The molecule has 2 aromatic heterocycles. The highest BCUT2D eigenvalue weighted by molar-refractivity contribution is 6.17. The number of pyridine rings is 1. The van der Waals surface area contributed by atoms with Gasteiger partial charge in [-0.1, -0.05) is 6.07 Å². The first-order valence-corrected chi connectivity index (χ1v) is 5.67. The van der Waals surface area contributed by atoms with Crippen molar-refractivity contribution in [3.63, 3.8) is 0 Å². The van der Waals surface area contributed by atoms with E-state index in [1.807, 2.05) is 22.7 Å². The van der Waals surface area contributed by atoms with Gasteiger partial charge in [-0.3, -0.25) is 4.40 Å². The van der Waals surface area contributed by atoms with E-state index in [0.717, 1.165) is 36.7 Å². The molecule has 4 heteroatoms. The number of nitrogens with zero attached hydrogens (tertiary/aromatic N) is 2. The SMILES string of the molecule is ClCCCCNc1cccc2nccn12. The fraction of sp³-hybridized carbons (Fsp3) is 0.364. The van der Waals surface area contributed by atoms with Gasteiger partial charge in [-0.25, -0.2) is 4.98 Å². The monoisotopic (exact) mass is 223 g/mol. The number of halogens is 1. The molecule has 3 nitrogen and oxygen atoms in total. The van der Waals surface area contributed by atoms with Crippen molar-refractivity contribution >= 4 is 23.1 Å². The molecule has 0 saturated carbocycles. The maximum Gasteiger partial charge on any atom is 0.138 e. The predicted molar refractivity (Wildman–Crippen MR) is 63.6 cm³/mol. The van der Waals surface area contributed by atoms with Crippen molar-refractivity contribution in [2.75, 3.05) is 17.7 Å². The minimum Gasteiger partial charge on any atom is -0.371 e. The summed E-state index contributed by atoms with van der Waals surface area (Å²) in [5, 5.41) is 3.37. The summed E-state index contributed by atoms with van der Waals surface area (Å²) in [5.41, 5.74) is 0.970. The molecule has 1 N–H and O–H groups in total. The van der Waals surface area contributed by atoms with Crippen molar-refractivity contribution in [3.8, 4) is 0 Å². The minimum atomic E-state index is 0.733. The smallest absolute Gasteiger partial charge is 0.138 e. The van der Waals surface area contributed by atoms with Gasteiger partial charge in [0.25, 0.3) is 0 Å². The Labute approximate surface area is 94.1 Å². The van der Waals surface area contributed by atoms with Gasteiger partial charge in [0.05, 0.1) is 0 Å². The number of nitrogens with one attached hydrogen (secondary N) is 1. The summed E-state index contributed by atoms with van der Waals surface area (Å²) in [7, 11) is 0. The van der Waals surface area contributed by atoms with Gasteiger partial charge in [0.15, 0.2) is 0 Å². The Morgan fingerprint density at radius 3 is 3.13 bits per heavy atom. The molecule has 0 bridgehead atoms. The molecule has 0 atom stereocenters. The van der Waals surface area contributed by atoms with Gasteiger partial charge in [-0.2, -0.15) is 0 Å². The van der Waals surface area contributed by atoms with E-state index in [-0.39, 0.29) is 0 Å². The second-order valence-corrected chi connectivity index (χ2v) is 3.77. The molecule has 0 amide bonds. The van der Waals surface area contributed by atoms with E-state index in [4.69, 9.17) is 11.6 Å². The molecule has 15 heavy (non-hydrogen) atoms. The first kappa shape index (κ1) is 10.3. The van der Waals surface area contributed by atoms with E-state index >= 15 is 0 Å². The number of hydrogen-bond donors (Lipinski definition) is 1. The van der Waals surface area contributed by atoms with Gasteiger partial charge in [0.2, 0.25) is 0 Å². The van der Waals surface area contributed by atoms with Crippen molar-refractivity contribution in [3.05, 3.63) is 30.6 Å². The van der Waals surface area contributed by atoms with Crippen molar-refractivity contribution in [1.82, 2.24) is 9.38 Å². The fourth-order valence-corrected chi connectivity index (χ4v) is 1.72. The van der Waals surface area contributed by atoms with Gasteiger partial charge >= 0.3 is 0 Å². The molecule has 80 valence electrons. The topological polar surface area (TPSA) is 29.3 Å². The molecule has 2 rings (SSSR count). The average molecular weight is 224 g/mol. The Balaban J connectivity index is 2.04. The lowest BCUT2D eigenvalue weighted by Gasteiger charge is -2.07. The number of imidazole rings is 1. The Morgan fingerprint density at radius 1 is 1.33 bits per heavy atom. The molecule has 0 aliphatic heterocycles. The first-order valence-electron chi connectivity index (χ1n) is 5.14. The molecule has 0 fully saturated rings. The zero-order valence-corrected chi connectivity index (χ0v) is 9.24. The highest BCUT2D eigenvalue weighted by Gasteiger charge is 1.98. The second-order valence-electron chi connectivity index (χ2n) is 3.39. The molecule has 0 saturated heterocycles. The average Bonchev–Trinajstić information content (AvgIpc) is 2.73. The zero-order valence-electron chi connectivity index (χ0n) is 8.49. The van der Waals surface area contributed by atoms with Crippen molar-refractivity contribution in [2.45, 2.75) is 12.8 Å². The number of rotatable bonds is 5. The third-order valence-corrected chi connectivity index (χ3v) is 2.56. The van der Waals surface area contributed by atoms with Crippen LogP contribution in [0.4, 0.5) is 5.82 Å². The number of fused-ring (bicyclic) bond motifs is 1. The van der Waals surface area contributed by atoms with Gasteiger partial charge in [-0.05, 0) is 25.0 Å². The first-order chi connectivity index (χ1) is 7.42. The molecule has 0 radical (unpaired) electrons. The standard InChI is InChI=1S/C11H14ClN3/c12-6-1-2-7-13-10-4-3-5-11-14-8-9-15(10)11/h3-5,8-9,13H,1-2,6-7H2. The van der Waals surface area contributed by atoms with Crippen LogP contribution in [0.3, 0.4) is 0 Å². The van der Waals surface area contributed by atoms with Crippen LogP contribution in [0, 0.1) is 0 Å². The lowest BCUT2D eigenvalue weighted by atomic mass is 10.3. The number of unbranched alkanes of at least 4 members (excludes halogenated alkanes) is 1. The van der Waals surface area contributed by atoms with Crippen LogP contribution in [0.2, 0.25) is 0 Å². The third kappa shape index (κ3) is 2.42. The zero-order chi connectivity index (χ0) is 10.5.